The van der Waals surface area contributed by atoms with Gasteiger partial charge in [-0.2, -0.15) is 0 Å². The Bertz CT molecular complexity index is 954. The van der Waals surface area contributed by atoms with Gasteiger partial charge in [0, 0.05) is 10.5 Å². The quantitative estimate of drug-likeness (QED) is 0.354. The first-order valence-electron chi connectivity index (χ1n) is 11.0. The van der Waals surface area contributed by atoms with E-state index in [9.17, 15) is 4.79 Å². The average molecular weight is 478 g/mol. The third-order valence-corrected chi connectivity index (χ3v) is 6.43. The van der Waals surface area contributed by atoms with Crippen LogP contribution in [0.4, 0.5) is 0 Å². The molecule has 0 saturated carbocycles. The lowest BCUT2D eigenvalue weighted by Gasteiger charge is -2.34. The largest absolute Gasteiger partial charge is 0.452 e. The molecular formula is C27H28BrNO2. The Morgan fingerprint density at radius 1 is 0.774 bits per heavy atom. The fourth-order valence-electron chi connectivity index (χ4n) is 4.29. The van der Waals surface area contributed by atoms with Crippen LogP contribution < -0.4 is 0 Å². The van der Waals surface area contributed by atoms with Crippen LogP contribution in [0.25, 0.3) is 0 Å². The molecule has 0 unspecified atom stereocenters. The van der Waals surface area contributed by atoms with Gasteiger partial charge >= 0.3 is 5.97 Å². The Balaban J connectivity index is 1.56. The normalized spacial score (nSPS) is 16.4. The minimum absolute atomic E-state index is 0.0512. The molecule has 0 bridgehead atoms. The van der Waals surface area contributed by atoms with Crippen molar-refractivity contribution in [3.63, 3.8) is 0 Å². The van der Waals surface area contributed by atoms with Gasteiger partial charge in [-0.1, -0.05) is 95.1 Å². The van der Waals surface area contributed by atoms with Gasteiger partial charge in [0.25, 0.3) is 0 Å². The zero-order valence-electron chi connectivity index (χ0n) is 17.6. The molecule has 1 fully saturated rings. The fourth-order valence-corrected chi connectivity index (χ4v) is 4.56. The Hall–Kier alpha value is -2.43. The molecule has 1 heterocycles. The van der Waals surface area contributed by atoms with Gasteiger partial charge in [0.15, 0.2) is 6.10 Å². The lowest BCUT2D eigenvalue weighted by atomic mass is 9.98. The zero-order valence-corrected chi connectivity index (χ0v) is 19.2. The number of likely N-dealkylation sites (tertiary alicyclic amines) is 1. The highest BCUT2D eigenvalue weighted by Crippen LogP contribution is 2.31. The van der Waals surface area contributed by atoms with Gasteiger partial charge in [-0.05, 0) is 54.8 Å². The summed E-state index contributed by atoms with van der Waals surface area (Å²) >= 11 is 3.49. The number of hydrogen-bond acceptors (Lipinski definition) is 3. The number of carbonyl (C=O) groups excluding carboxylic acids is 1. The predicted octanol–water partition coefficient (Wildman–Crippen LogP) is 6.70. The molecule has 0 aliphatic carbocycles. The van der Waals surface area contributed by atoms with Crippen molar-refractivity contribution >= 4 is 21.9 Å². The van der Waals surface area contributed by atoms with E-state index in [1.165, 1.54) is 24.8 Å². The number of ether oxygens (including phenoxy) is 1. The summed E-state index contributed by atoms with van der Waals surface area (Å²) in [6, 6.07) is 28.4. The molecule has 2 atom stereocenters. The average Bonchev–Trinajstić information content (AvgIpc) is 2.83. The van der Waals surface area contributed by atoms with Crippen LogP contribution in [0.3, 0.4) is 0 Å². The van der Waals surface area contributed by atoms with Crippen molar-refractivity contribution < 1.29 is 9.53 Å². The van der Waals surface area contributed by atoms with E-state index in [0.717, 1.165) is 28.7 Å². The molecule has 31 heavy (non-hydrogen) atoms. The monoisotopic (exact) mass is 477 g/mol. The van der Waals surface area contributed by atoms with E-state index >= 15 is 0 Å². The van der Waals surface area contributed by atoms with Crippen LogP contribution in [-0.2, 0) is 9.53 Å². The summed E-state index contributed by atoms with van der Waals surface area (Å²) in [5, 5.41) is 0. The second-order valence-corrected chi connectivity index (χ2v) is 8.98. The van der Waals surface area contributed by atoms with Crippen molar-refractivity contribution in [2.45, 2.75) is 37.8 Å². The Labute approximate surface area is 193 Å². The highest BCUT2D eigenvalue weighted by Gasteiger charge is 2.27. The molecule has 3 nitrogen and oxygen atoms in total. The van der Waals surface area contributed by atoms with Gasteiger partial charge < -0.3 is 4.74 Å². The molecule has 0 spiro atoms. The Kier molecular flexibility index (Phi) is 7.55. The highest BCUT2D eigenvalue weighted by atomic mass is 79.9. The van der Waals surface area contributed by atoms with Crippen LogP contribution in [0.5, 0.6) is 0 Å². The molecule has 1 aliphatic heterocycles. The summed E-state index contributed by atoms with van der Waals surface area (Å²) in [5.41, 5.74) is 3.13. The number of carbonyl (C=O) groups is 1. The van der Waals surface area contributed by atoms with E-state index in [1.54, 1.807) is 0 Å². The Morgan fingerprint density at radius 3 is 1.94 bits per heavy atom. The number of piperidine rings is 1. The first-order valence-corrected chi connectivity index (χ1v) is 11.8. The summed E-state index contributed by atoms with van der Waals surface area (Å²) in [7, 11) is 0. The van der Waals surface area contributed by atoms with Crippen molar-refractivity contribution in [2.24, 2.45) is 0 Å². The number of rotatable bonds is 7. The summed E-state index contributed by atoms with van der Waals surface area (Å²) in [5.74, 6) is -0.170. The van der Waals surface area contributed by atoms with E-state index in [2.05, 4.69) is 33.0 Å². The van der Waals surface area contributed by atoms with Gasteiger partial charge in [0.05, 0.1) is 6.42 Å². The molecule has 1 aliphatic rings. The second-order valence-electron chi connectivity index (χ2n) is 8.06. The van der Waals surface area contributed by atoms with Crippen molar-refractivity contribution in [3.8, 4) is 0 Å². The van der Waals surface area contributed by atoms with Crippen LogP contribution in [0.15, 0.2) is 89.4 Å². The third-order valence-electron chi connectivity index (χ3n) is 5.90. The van der Waals surface area contributed by atoms with E-state index < -0.39 is 6.10 Å². The van der Waals surface area contributed by atoms with Crippen LogP contribution in [0.1, 0.15) is 54.5 Å². The maximum absolute atomic E-state index is 13.2. The first kappa shape index (κ1) is 21.8. The number of halogens is 1. The molecule has 3 aromatic rings. The van der Waals surface area contributed by atoms with Crippen LogP contribution in [0.2, 0.25) is 0 Å². The molecule has 160 valence electrons. The molecule has 0 N–H and O–H groups in total. The van der Waals surface area contributed by atoms with Crippen molar-refractivity contribution in [1.82, 2.24) is 4.90 Å². The van der Waals surface area contributed by atoms with Gasteiger partial charge in [0.2, 0.25) is 0 Å². The maximum Gasteiger partial charge on any atom is 0.308 e. The topological polar surface area (TPSA) is 29.5 Å². The lowest BCUT2D eigenvalue weighted by Crippen LogP contribution is -2.35. The van der Waals surface area contributed by atoms with Crippen molar-refractivity contribution in [1.29, 1.82) is 0 Å². The molecule has 0 amide bonds. The number of benzene rings is 3. The highest BCUT2D eigenvalue weighted by molar-refractivity contribution is 9.10. The molecule has 4 heteroatoms. The minimum atomic E-state index is -0.417. The second kappa shape index (κ2) is 10.7. The standard InChI is InChI=1S/C27H28BrNO2/c28-24-16-14-23(15-17-24)27(22-12-6-2-7-13-22)31-26(30)20-25(21-10-4-1-5-11-21)29-18-8-3-9-19-29/h1-2,4-7,10-17,25,27H,3,8-9,18-20H2/t25-,27+/m0/s1. The van der Waals surface area contributed by atoms with Crippen molar-refractivity contribution in [2.75, 3.05) is 13.1 Å². The predicted molar refractivity (Wildman–Crippen MR) is 128 cm³/mol. The minimum Gasteiger partial charge on any atom is -0.452 e. The smallest absolute Gasteiger partial charge is 0.308 e. The zero-order chi connectivity index (χ0) is 21.5. The summed E-state index contributed by atoms with van der Waals surface area (Å²) < 4.78 is 7.13. The fraction of sp³-hybridized carbons (Fsp3) is 0.296. The van der Waals surface area contributed by atoms with Gasteiger partial charge in [0.1, 0.15) is 0 Å². The van der Waals surface area contributed by atoms with E-state index in [-0.39, 0.29) is 12.0 Å². The van der Waals surface area contributed by atoms with Gasteiger partial charge in [-0.3, -0.25) is 9.69 Å². The van der Waals surface area contributed by atoms with Gasteiger partial charge in [-0.15, -0.1) is 0 Å². The molecule has 1 saturated heterocycles. The van der Waals surface area contributed by atoms with E-state index in [4.69, 9.17) is 4.74 Å². The first-order chi connectivity index (χ1) is 15.2. The molecule has 3 aromatic carbocycles. The summed E-state index contributed by atoms with van der Waals surface area (Å²) in [6.07, 6.45) is 3.57. The van der Waals surface area contributed by atoms with Crippen LogP contribution >= 0.6 is 15.9 Å². The molecular weight excluding hydrogens is 450 g/mol. The molecule has 0 radical (unpaired) electrons. The maximum atomic E-state index is 13.2. The third kappa shape index (κ3) is 5.84. The summed E-state index contributed by atoms with van der Waals surface area (Å²) in [6.45, 7) is 2.06. The lowest BCUT2D eigenvalue weighted by molar-refractivity contribution is -0.149. The Morgan fingerprint density at radius 2 is 1.32 bits per heavy atom. The van der Waals surface area contributed by atoms with Crippen molar-refractivity contribution in [3.05, 3.63) is 106 Å². The molecule has 0 aromatic heterocycles. The summed E-state index contributed by atoms with van der Waals surface area (Å²) in [4.78, 5) is 15.7. The van der Waals surface area contributed by atoms with Crippen LogP contribution in [0, 0.1) is 0 Å². The SMILES string of the molecule is O=C(C[C@@H](c1ccccc1)N1CCCCC1)O[C@H](c1ccccc1)c1ccc(Br)cc1. The van der Waals surface area contributed by atoms with Crippen LogP contribution in [-0.4, -0.2) is 24.0 Å². The van der Waals surface area contributed by atoms with Gasteiger partial charge in [-0.25, -0.2) is 0 Å². The van der Waals surface area contributed by atoms with E-state index in [1.807, 2.05) is 72.8 Å². The number of hydrogen-bond donors (Lipinski definition) is 0. The number of nitrogens with zero attached hydrogens (tertiary/aromatic N) is 1. The molecule has 4 rings (SSSR count). The van der Waals surface area contributed by atoms with E-state index in [0.29, 0.717) is 6.42 Å². The number of esters is 1.